The standard InChI is InChI=1S/C16H21FN2O/c1-12-3-2-4-16(20,8-12)11-19-10-14-5-13(9-18)6-15(17)7-14/h5-7,12,19-20H,2-4,8,10-11H2,1H3. The normalized spacial score (nSPS) is 26.2. The van der Waals surface area contributed by atoms with Crippen LogP contribution in [0.5, 0.6) is 0 Å². The van der Waals surface area contributed by atoms with E-state index in [1.54, 1.807) is 6.07 Å². The van der Waals surface area contributed by atoms with Gasteiger partial charge in [0.1, 0.15) is 5.82 Å². The Kier molecular flexibility index (Phi) is 4.74. The number of rotatable bonds is 4. The van der Waals surface area contributed by atoms with E-state index >= 15 is 0 Å². The van der Waals surface area contributed by atoms with Crippen LogP contribution < -0.4 is 5.32 Å². The molecule has 0 saturated heterocycles. The highest BCUT2D eigenvalue weighted by molar-refractivity contribution is 5.33. The van der Waals surface area contributed by atoms with E-state index < -0.39 is 11.4 Å². The highest BCUT2D eigenvalue weighted by Crippen LogP contribution is 2.31. The lowest BCUT2D eigenvalue weighted by Crippen LogP contribution is -2.43. The van der Waals surface area contributed by atoms with Gasteiger partial charge in [-0.25, -0.2) is 4.39 Å². The number of nitrogens with zero attached hydrogens (tertiary/aromatic N) is 1. The highest BCUT2D eigenvalue weighted by atomic mass is 19.1. The SMILES string of the molecule is CC1CCCC(O)(CNCc2cc(F)cc(C#N)c2)C1. The lowest BCUT2D eigenvalue weighted by Gasteiger charge is -2.35. The van der Waals surface area contributed by atoms with Crippen LogP contribution in [-0.2, 0) is 6.54 Å². The molecule has 0 spiro atoms. The van der Waals surface area contributed by atoms with Gasteiger partial charge in [0.25, 0.3) is 0 Å². The van der Waals surface area contributed by atoms with Gasteiger partial charge >= 0.3 is 0 Å². The first-order valence-corrected chi connectivity index (χ1v) is 7.13. The quantitative estimate of drug-likeness (QED) is 0.889. The van der Waals surface area contributed by atoms with Crippen molar-refractivity contribution in [2.75, 3.05) is 6.54 Å². The molecule has 1 fully saturated rings. The first-order chi connectivity index (χ1) is 9.50. The van der Waals surface area contributed by atoms with Crippen LogP contribution >= 0.6 is 0 Å². The summed E-state index contributed by atoms with van der Waals surface area (Å²) in [4.78, 5) is 0. The molecule has 0 aromatic heterocycles. The Bertz CT molecular complexity index is 512. The van der Waals surface area contributed by atoms with Crippen molar-refractivity contribution in [2.24, 2.45) is 5.92 Å². The molecule has 4 heteroatoms. The van der Waals surface area contributed by atoms with Gasteiger partial charge in [-0.05, 0) is 42.5 Å². The summed E-state index contributed by atoms with van der Waals surface area (Å²) < 4.78 is 13.3. The van der Waals surface area contributed by atoms with Crippen LogP contribution in [-0.4, -0.2) is 17.3 Å². The molecule has 2 rings (SSSR count). The number of halogens is 1. The Balaban J connectivity index is 1.89. The number of nitrogens with one attached hydrogen (secondary N) is 1. The average Bonchev–Trinajstić information content (AvgIpc) is 2.37. The van der Waals surface area contributed by atoms with E-state index in [0.717, 1.165) is 24.8 Å². The molecular weight excluding hydrogens is 255 g/mol. The van der Waals surface area contributed by atoms with Crippen molar-refractivity contribution in [1.82, 2.24) is 5.32 Å². The summed E-state index contributed by atoms with van der Waals surface area (Å²) in [6.45, 7) is 3.13. The van der Waals surface area contributed by atoms with E-state index in [2.05, 4.69) is 12.2 Å². The molecule has 3 nitrogen and oxygen atoms in total. The van der Waals surface area contributed by atoms with Crippen molar-refractivity contribution in [1.29, 1.82) is 5.26 Å². The molecule has 0 radical (unpaired) electrons. The zero-order valence-corrected chi connectivity index (χ0v) is 11.8. The smallest absolute Gasteiger partial charge is 0.124 e. The predicted octanol–water partition coefficient (Wildman–Crippen LogP) is 2.73. The minimum absolute atomic E-state index is 0.326. The van der Waals surface area contributed by atoms with Crippen molar-refractivity contribution in [3.05, 3.63) is 35.1 Å². The fraction of sp³-hybridized carbons (Fsp3) is 0.562. The van der Waals surface area contributed by atoms with Gasteiger partial charge in [-0.1, -0.05) is 19.8 Å². The highest BCUT2D eigenvalue weighted by Gasteiger charge is 2.31. The lowest BCUT2D eigenvalue weighted by atomic mass is 9.79. The molecule has 1 saturated carbocycles. The fourth-order valence-electron chi connectivity index (χ4n) is 3.05. The molecule has 1 aliphatic carbocycles. The summed E-state index contributed by atoms with van der Waals surface area (Å²) in [6, 6.07) is 6.25. The molecule has 1 aromatic carbocycles. The Hall–Kier alpha value is -1.44. The lowest BCUT2D eigenvalue weighted by molar-refractivity contribution is -0.0119. The molecule has 1 aromatic rings. The zero-order chi connectivity index (χ0) is 14.6. The number of aliphatic hydroxyl groups is 1. The van der Waals surface area contributed by atoms with Crippen LogP contribution in [0.15, 0.2) is 18.2 Å². The largest absolute Gasteiger partial charge is 0.389 e. The number of nitriles is 1. The van der Waals surface area contributed by atoms with Gasteiger partial charge in [0.15, 0.2) is 0 Å². The number of hydrogen-bond acceptors (Lipinski definition) is 3. The summed E-state index contributed by atoms with van der Waals surface area (Å²) in [5.41, 5.74) is 0.407. The van der Waals surface area contributed by atoms with Gasteiger partial charge in [-0.2, -0.15) is 5.26 Å². The van der Waals surface area contributed by atoms with Crippen LogP contribution in [0.1, 0.15) is 43.7 Å². The second kappa shape index (κ2) is 6.34. The van der Waals surface area contributed by atoms with Gasteiger partial charge < -0.3 is 10.4 Å². The van der Waals surface area contributed by atoms with Gasteiger partial charge in [-0.15, -0.1) is 0 Å². The topological polar surface area (TPSA) is 56.0 Å². The molecule has 0 bridgehead atoms. The third-order valence-electron chi connectivity index (χ3n) is 3.94. The first-order valence-electron chi connectivity index (χ1n) is 7.13. The minimum Gasteiger partial charge on any atom is -0.389 e. The van der Waals surface area contributed by atoms with E-state index in [0.29, 0.717) is 24.6 Å². The maximum absolute atomic E-state index is 13.3. The third kappa shape index (κ3) is 4.03. The second-order valence-electron chi connectivity index (χ2n) is 5.99. The monoisotopic (exact) mass is 276 g/mol. The predicted molar refractivity (Wildman–Crippen MR) is 75.4 cm³/mol. The van der Waals surface area contributed by atoms with Crippen molar-refractivity contribution in [3.63, 3.8) is 0 Å². The van der Waals surface area contributed by atoms with Crippen LogP contribution in [0.25, 0.3) is 0 Å². The van der Waals surface area contributed by atoms with Crippen LogP contribution in [0.4, 0.5) is 4.39 Å². The summed E-state index contributed by atoms with van der Waals surface area (Å²) in [6.07, 6.45) is 3.86. The zero-order valence-electron chi connectivity index (χ0n) is 11.8. The van der Waals surface area contributed by atoms with E-state index in [9.17, 15) is 9.50 Å². The van der Waals surface area contributed by atoms with Crippen LogP contribution in [0.3, 0.4) is 0 Å². The van der Waals surface area contributed by atoms with Crippen molar-refractivity contribution in [2.45, 2.75) is 44.8 Å². The van der Waals surface area contributed by atoms with E-state index in [1.165, 1.54) is 18.6 Å². The van der Waals surface area contributed by atoms with E-state index in [1.807, 2.05) is 6.07 Å². The summed E-state index contributed by atoms with van der Waals surface area (Å²) >= 11 is 0. The Morgan fingerprint density at radius 3 is 3.00 bits per heavy atom. The molecule has 0 heterocycles. The van der Waals surface area contributed by atoms with Crippen molar-refractivity contribution in [3.8, 4) is 6.07 Å². The first kappa shape index (κ1) is 15.0. The minimum atomic E-state index is -0.650. The molecule has 2 unspecified atom stereocenters. The molecule has 0 aliphatic heterocycles. The number of hydrogen-bond donors (Lipinski definition) is 2. The Labute approximate surface area is 119 Å². The van der Waals surface area contributed by atoms with Crippen molar-refractivity contribution < 1.29 is 9.50 Å². The summed E-state index contributed by atoms with van der Waals surface area (Å²) in [5, 5.41) is 22.5. The molecular formula is C16H21FN2O. The van der Waals surface area contributed by atoms with Gasteiger partial charge in [0, 0.05) is 13.1 Å². The molecule has 0 amide bonds. The molecule has 2 N–H and O–H groups in total. The van der Waals surface area contributed by atoms with E-state index in [4.69, 9.17) is 5.26 Å². The Morgan fingerprint density at radius 1 is 1.50 bits per heavy atom. The maximum Gasteiger partial charge on any atom is 0.124 e. The Morgan fingerprint density at radius 2 is 2.30 bits per heavy atom. The third-order valence-corrected chi connectivity index (χ3v) is 3.94. The molecule has 2 atom stereocenters. The van der Waals surface area contributed by atoms with Gasteiger partial charge in [0.2, 0.25) is 0 Å². The van der Waals surface area contributed by atoms with Crippen LogP contribution in [0.2, 0.25) is 0 Å². The van der Waals surface area contributed by atoms with Crippen LogP contribution in [0, 0.1) is 23.1 Å². The van der Waals surface area contributed by atoms with E-state index in [-0.39, 0.29) is 0 Å². The second-order valence-corrected chi connectivity index (χ2v) is 5.99. The molecule has 20 heavy (non-hydrogen) atoms. The number of benzene rings is 1. The fourth-order valence-corrected chi connectivity index (χ4v) is 3.05. The van der Waals surface area contributed by atoms with Gasteiger partial charge in [0.05, 0.1) is 17.2 Å². The van der Waals surface area contributed by atoms with Gasteiger partial charge in [-0.3, -0.25) is 0 Å². The molecule has 1 aliphatic rings. The summed E-state index contributed by atoms with van der Waals surface area (Å²) in [7, 11) is 0. The molecule has 108 valence electrons. The average molecular weight is 276 g/mol. The maximum atomic E-state index is 13.3. The summed E-state index contributed by atoms with van der Waals surface area (Å²) in [5.74, 6) is 0.153. The van der Waals surface area contributed by atoms with Crippen molar-refractivity contribution >= 4 is 0 Å².